The molecule has 0 saturated carbocycles. The zero-order valence-electron chi connectivity index (χ0n) is 14.0. The average molecular weight is 343 g/mol. The number of fused-ring (bicyclic) bond motifs is 1. The SMILES string of the molecule is CN(Cc1cccc(F)c1)C(=O)CNC(=O)c1cc2occc2n1C. The van der Waals surface area contributed by atoms with Crippen molar-refractivity contribution in [3.63, 3.8) is 0 Å². The number of carbonyl (C=O) groups is 2. The third-order valence-electron chi connectivity index (χ3n) is 4.03. The van der Waals surface area contributed by atoms with Gasteiger partial charge in [-0.15, -0.1) is 0 Å². The number of aromatic nitrogens is 1. The molecule has 0 spiro atoms. The quantitative estimate of drug-likeness (QED) is 0.773. The lowest BCUT2D eigenvalue weighted by molar-refractivity contribution is -0.129. The number of carbonyl (C=O) groups excluding carboxylic acids is 2. The molecule has 130 valence electrons. The van der Waals surface area contributed by atoms with Crippen molar-refractivity contribution in [1.29, 1.82) is 0 Å². The fourth-order valence-corrected chi connectivity index (χ4v) is 2.65. The Kier molecular flexibility index (Phi) is 4.56. The van der Waals surface area contributed by atoms with Crippen molar-refractivity contribution < 1.29 is 18.4 Å². The van der Waals surface area contributed by atoms with E-state index in [1.807, 2.05) is 0 Å². The number of nitrogens with one attached hydrogen (secondary N) is 1. The third kappa shape index (κ3) is 3.55. The zero-order chi connectivity index (χ0) is 18.0. The molecule has 0 bridgehead atoms. The predicted molar refractivity (Wildman–Crippen MR) is 90.4 cm³/mol. The molecule has 25 heavy (non-hydrogen) atoms. The van der Waals surface area contributed by atoms with Crippen LogP contribution in [0.15, 0.2) is 47.1 Å². The van der Waals surface area contributed by atoms with E-state index in [4.69, 9.17) is 4.42 Å². The van der Waals surface area contributed by atoms with E-state index in [1.165, 1.54) is 17.0 Å². The van der Waals surface area contributed by atoms with Gasteiger partial charge in [-0.2, -0.15) is 0 Å². The molecule has 3 aromatic rings. The largest absolute Gasteiger partial charge is 0.463 e. The average Bonchev–Trinajstić information content (AvgIpc) is 3.15. The molecule has 0 radical (unpaired) electrons. The molecule has 0 aliphatic heterocycles. The molecule has 0 unspecified atom stereocenters. The molecular weight excluding hydrogens is 325 g/mol. The Morgan fingerprint density at radius 2 is 2.08 bits per heavy atom. The molecule has 6 nitrogen and oxygen atoms in total. The molecule has 0 saturated heterocycles. The van der Waals surface area contributed by atoms with Gasteiger partial charge in [0, 0.05) is 32.8 Å². The number of likely N-dealkylation sites (N-methyl/N-ethyl adjacent to an activating group) is 1. The van der Waals surface area contributed by atoms with Gasteiger partial charge < -0.3 is 19.2 Å². The summed E-state index contributed by atoms with van der Waals surface area (Å²) in [6, 6.07) is 9.46. The van der Waals surface area contributed by atoms with E-state index >= 15 is 0 Å². The molecule has 0 atom stereocenters. The van der Waals surface area contributed by atoms with Crippen molar-refractivity contribution in [1.82, 2.24) is 14.8 Å². The van der Waals surface area contributed by atoms with E-state index in [9.17, 15) is 14.0 Å². The van der Waals surface area contributed by atoms with E-state index in [2.05, 4.69) is 5.32 Å². The van der Waals surface area contributed by atoms with Crippen molar-refractivity contribution in [2.45, 2.75) is 6.54 Å². The van der Waals surface area contributed by atoms with Crippen LogP contribution in [0, 0.1) is 5.82 Å². The lowest BCUT2D eigenvalue weighted by Gasteiger charge is -2.17. The van der Waals surface area contributed by atoms with E-state index < -0.39 is 0 Å². The van der Waals surface area contributed by atoms with Gasteiger partial charge in [0.05, 0.1) is 18.3 Å². The first-order chi connectivity index (χ1) is 12.0. The van der Waals surface area contributed by atoms with Crippen LogP contribution in [0.4, 0.5) is 4.39 Å². The van der Waals surface area contributed by atoms with Crippen molar-refractivity contribution in [2.75, 3.05) is 13.6 Å². The van der Waals surface area contributed by atoms with Crippen LogP contribution in [0.25, 0.3) is 11.1 Å². The maximum absolute atomic E-state index is 13.2. The number of hydrogen-bond donors (Lipinski definition) is 1. The summed E-state index contributed by atoms with van der Waals surface area (Å²) < 4.78 is 20.2. The fraction of sp³-hybridized carbons (Fsp3) is 0.222. The summed E-state index contributed by atoms with van der Waals surface area (Å²) in [5.41, 5.74) is 2.52. The van der Waals surface area contributed by atoms with Gasteiger partial charge in [0.2, 0.25) is 5.91 Å². The standard InChI is InChI=1S/C18H18FN3O3/c1-21(11-12-4-3-5-13(19)8-12)17(23)10-20-18(24)15-9-16-14(22(15)2)6-7-25-16/h3-9H,10-11H2,1-2H3,(H,20,24). The Bertz CT molecular complexity index is 929. The third-order valence-corrected chi connectivity index (χ3v) is 4.03. The number of halogens is 1. The van der Waals surface area contributed by atoms with E-state index in [0.717, 1.165) is 5.52 Å². The number of hydrogen-bond acceptors (Lipinski definition) is 3. The highest BCUT2D eigenvalue weighted by Gasteiger charge is 2.17. The van der Waals surface area contributed by atoms with Gasteiger partial charge in [0.15, 0.2) is 5.58 Å². The molecule has 3 rings (SSSR count). The monoisotopic (exact) mass is 343 g/mol. The second-order valence-corrected chi connectivity index (χ2v) is 5.82. The lowest BCUT2D eigenvalue weighted by atomic mass is 10.2. The Hall–Kier alpha value is -3.09. The smallest absolute Gasteiger partial charge is 0.268 e. The zero-order valence-corrected chi connectivity index (χ0v) is 14.0. The van der Waals surface area contributed by atoms with Crippen molar-refractivity contribution >= 4 is 22.9 Å². The van der Waals surface area contributed by atoms with Crippen molar-refractivity contribution in [2.24, 2.45) is 7.05 Å². The van der Waals surface area contributed by atoms with Crippen LogP contribution in [0.1, 0.15) is 16.1 Å². The molecule has 0 fully saturated rings. The van der Waals surface area contributed by atoms with E-state index in [-0.39, 0.29) is 30.7 Å². The molecular formula is C18H18FN3O3. The fourth-order valence-electron chi connectivity index (χ4n) is 2.65. The van der Waals surface area contributed by atoms with Gasteiger partial charge in [-0.1, -0.05) is 12.1 Å². The summed E-state index contributed by atoms with van der Waals surface area (Å²) in [5.74, 6) is -0.975. The van der Waals surface area contributed by atoms with Crippen molar-refractivity contribution in [3.05, 3.63) is 59.7 Å². The van der Waals surface area contributed by atoms with Gasteiger partial charge in [-0.25, -0.2) is 4.39 Å². The predicted octanol–water partition coefficient (Wildman–Crippen LogP) is 2.30. The highest BCUT2D eigenvalue weighted by Crippen LogP contribution is 2.19. The van der Waals surface area contributed by atoms with Gasteiger partial charge in [0.1, 0.15) is 11.5 Å². The second kappa shape index (κ2) is 6.80. The molecule has 1 N–H and O–H groups in total. The van der Waals surface area contributed by atoms with Crippen LogP contribution in [0.2, 0.25) is 0 Å². The summed E-state index contributed by atoms with van der Waals surface area (Å²) in [7, 11) is 3.36. The van der Waals surface area contributed by atoms with Crippen LogP contribution in [0.5, 0.6) is 0 Å². The van der Waals surface area contributed by atoms with Gasteiger partial charge >= 0.3 is 0 Å². The van der Waals surface area contributed by atoms with Crippen LogP contribution in [0.3, 0.4) is 0 Å². The molecule has 1 aromatic carbocycles. The summed E-state index contributed by atoms with van der Waals surface area (Å²) >= 11 is 0. The first kappa shape index (κ1) is 16.8. The molecule has 2 amide bonds. The second-order valence-electron chi connectivity index (χ2n) is 5.82. The van der Waals surface area contributed by atoms with Gasteiger partial charge in [-0.3, -0.25) is 9.59 Å². The minimum Gasteiger partial charge on any atom is -0.463 e. The molecule has 2 heterocycles. The number of benzene rings is 1. The number of furan rings is 1. The van der Waals surface area contributed by atoms with Crippen LogP contribution >= 0.6 is 0 Å². The first-order valence-corrected chi connectivity index (χ1v) is 7.75. The van der Waals surface area contributed by atoms with Gasteiger partial charge in [0.25, 0.3) is 5.91 Å². The maximum Gasteiger partial charge on any atom is 0.268 e. The number of aryl methyl sites for hydroxylation is 1. The molecule has 2 aromatic heterocycles. The minimum absolute atomic E-state index is 0.142. The molecule has 0 aliphatic rings. The maximum atomic E-state index is 13.2. The van der Waals surface area contributed by atoms with Crippen molar-refractivity contribution in [3.8, 4) is 0 Å². The van der Waals surface area contributed by atoms with E-state index in [1.54, 1.807) is 49.2 Å². The molecule has 0 aliphatic carbocycles. The summed E-state index contributed by atoms with van der Waals surface area (Å²) in [6.45, 7) is 0.126. The normalized spacial score (nSPS) is 10.8. The minimum atomic E-state index is -0.360. The Morgan fingerprint density at radius 3 is 2.80 bits per heavy atom. The first-order valence-electron chi connectivity index (χ1n) is 7.75. The summed E-state index contributed by atoms with van der Waals surface area (Å²) in [5, 5.41) is 2.60. The Morgan fingerprint density at radius 1 is 1.28 bits per heavy atom. The number of rotatable bonds is 5. The van der Waals surface area contributed by atoms with Crippen LogP contribution in [-0.4, -0.2) is 34.9 Å². The Balaban J connectivity index is 1.58. The lowest BCUT2D eigenvalue weighted by Crippen LogP contribution is -2.38. The number of amides is 2. The van der Waals surface area contributed by atoms with Gasteiger partial charge in [-0.05, 0) is 17.7 Å². The molecule has 7 heteroatoms. The summed E-state index contributed by atoms with van der Waals surface area (Å²) in [6.07, 6.45) is 1.55. The summed E-state index contributed by atoms with van der Waals surface area (Å²) in [4.78, 5) is 25.9. The Labute approximate surface area is 143 Å². The van der Waals surface area contributed by atoms with Crippen LogP contribution < -0.4 is 5.32 Å². The van der Waals surface area contributed by atoms with E-state index in [0.29, 0.717) is 16.8 Å². The highest BCUT2D eigenvalue weighted by molar-refractivity contribution is 5.99. The topological polar surface area (TPSA) is 67.5 Å². The van der Waals surface area contributed by atoms with Crippen LogP contribution in [-0.2, 0) is 18.4 Å². The number of nitrogens with zero attached hydrogens (tertiary/aromatic N) is 2. The highest BCUT2D eigenvalue weighted by atomic mass is 19.1.